The maximum absolute atomic E-state index is 12.0. The first-order valence-electron chi connectivity index (χ1n) is 7.53. The Kier molecular flexibility index (Phi) is 4.74. The van der Waals surface area contributed by atoms with Gasteiger partial charge in [0.1, 0.15) is 0 Å². The number of hydrogen-bond acceptors (Lipinski definition) is 3. The third kappa shape index (κ3) is 4.23. The zero-order chi connectivity index (χ0) is 16.3. The molecule has 1 heterocycles. The van der Waals surface area contributed by atoms with Crippen molar-refractivity contribution in [3.63, 3.8) is 0 Å². The lowest BCUT2D eigenvalue weighted by atomic mass is 9.92. The molecule has 0 atom stereocenters. The summed E-state index contributed by atoms with van der Waals surface area (Å²) in [6.07, 6.45) is 0.965. The molecule has 5 nitrogen and oxygen atoms in total. The maximum atomic E-state index is 12.0. The van der Waals surface area contributed by atoms with Gasteiger partial charge in [0.2, 0.25) is 5.91 Å². The molecular weight excluding hydrogens is 280 g/mol. The van der Waals surface area contributed by atoms with Gasteiger partial charge in [-0.15, -0.1) is 0 Å². The molecule has 0 aliphatic carbocycles. The van der Waals surface area contributed by atoms with Crippen molar-refractivity contribution in [2.24, 2.45) is 5.41 Å². The molecule has 1 N–H and O–H groups in total. The van der Waals surface area contributed by atoms with Crippen LogP contribution >= 0.6 is 0 Å². The number of ether oxygens (including phenoxy) is 1. The molecule has 0 bridgehead atoms. The van der Waals surface area contributed by atoms with E-state index in [-0.39, 0.29) is 17.4 Å². The largest absolute Gasteiger partial charge is 0.453 e. The van der Waals surface area contributed by atoms with Gasteiger partial charge in [-0.3, -0.25) is 4.79 Å². The first-order valence-corrected chi connectivity index (χ1v) is 7.53. The molecule has 0 unspecified atom stereocenters. The van der Waals surface area contributed by atoms with Gasteiger partial charge in [0.05, 0.1) is 7.11 Å². The summed E-state index contributed by atoms with van der Waals surface area (Å²) < 4.78 is 4.77. The predicted molar refractivity (Wildman–Crippen MR) is 85.7 cm³/mol. The number of carbonyl (C=O) groups is 2. The van der Waals surface area contributed by atoms with Crippen molar-refractivity contribution in [3.05, 3.63) is 29.3 Å². The molecule has 0 saturated heterocycles. The number of benzene rings is 1. The summed E-state index contributed by atoms with van der Waals surface area (Å²) >= 11 is 0. The van der Waals surface area contributed by atoms with Crippen LogP contribution in [-0.2, 0) is 22.5 Å². The topological polar surface area (TPSA) is 58.6 Å². The fourth-order valence-electron chi connectivity index (χ4n) is 2.61. The molecule has 1 aromatic rings. The van der Waals surface area contributed by atoms with Crippen LogP contribution in [0.3, 0.4) is 0 Å². The van der Waals surface area contributed by atoms with Gasteiger partial charge in [-0.1, -0.05) is 26.8 Å². The zero-order valence-corrected chi connectivity index (χ0v) is 13.7. The number of amides is 2. The highest BCUT2D eigenvalue weighted by molar-refractivity contribution is 5.91. The van der Waals surface area contributed by atoms with Crippen molar-refractivity contribution in [1.29, 1.82) is 0 Å². The van der Waals surface area contributed by atoms with E-state index in [0.29, 0.717) is 19.5 Å². The number of nitrogens with zero attached hydrogens (tertiary/aromatic N) is 1. The van der Waals surface area contributed by atoms with E-state index in [9.17, 15) is 9.59 Å². The molecule has 120 valence electrons. The monoisotopic (exact) mass is 304 g/mol. The van der Waals surface area contributed by atoms with Crippen LogP contribution in [0.1, 0.15) is 38.3 Å². The quantitative estimate of drug-likeness (QED) is 0.913. The molecule has 0 saturated carbocycles. The van der Waals surface area contributed by atoms with Crippen molar-refractivity contribution in [3.8, 4) is 0 Å². The first-order chi connectivity index (χ1) is 10.3. The molecule has 1 aliphatic heterocycles. The Hall–Kier alpha value is -2.04. The van der Waals surface area contributed by atoms with Gasteiger partial charge in [-0.05, 0) is 35.1 Å². The average Bonchev–Trinajstić information content (AvgIpc) is 2.43. The molecule has 0 aromatic heterocycles. The molecule has 2 amide bonds. The Bertz CT molecular complexity index is 576. The fraction of sp³-hybridized carbons (Fsp3) is 0.529. The minimum Gasteiger partial charge on any atom is -0.453 e. The molecule has 5 heteroatoms. The van der Waals surface area contributed by atoms with Crippen LogP contribution in [0.25, 0.3) is 0 Å². The van der Waals surface area contributed by atoms with E-state index in [2.05, 4.69) is 5.32 Å². The average molecular weight is 304 g/mol. The molecule has 1 aliphatic rings. The van der Waals surface area contributed by atoms with Crippen LogP contribution in [0.15, 0.2) is 18.2 Å². The van der Waals surface area contributed by atoms with Crippen LogP contribution in [-0.4, -0.2) is 30.6 Å². The maximum Gasteiger partial charge on any atom is 0.409 e. The number of nitrogens with one attached hydrogen (secondary N) is 1. The van der Waals surface area contributed by atoms with Crippen LogP contribution < -0.4 is 5.32 Å². The molecule has 0 radical (unpaired) electrons. The normalized spacial score (nSPS) is 14.3. The second kappa shape index (κ2) is 6.38. The summed E-state index contributed by atoms with van der Waals surface area (Å²) in [5.41, 5.74) is 3.01. The van der Waals surface area contributed by atoms with Gasteiger partial charge in [-0.25, -0.2) is 4.79 Å². The Balaban J connectivity index is 2.08. The van der Waals surface area contributed by atoms with Crippen LogP contribution in [0, 0.1) is 5.41 Å². The van der Waals surface area contributed by atoms with E-state index < -0.39 is 0 Å². The number of hydrogen-bond donors (Lipinski definition) is 1. The lowest BCUT2D eigenvalue weighted by molar-refractivity contribution is -0.117. The second-order valence-electron chi connectivity index (χ2n) is 6.91. The Labute approximate surface area is 131 Å². The number of methoxy groups -OCH3 is 1. The minimum atomic E-state index is -0.312. The third-order valence-electron chi connectivity index (χ3n) is 3.63. The molecule has 2 rings (SSSR count). The summed E-state index contributed by atoms with van der Waals surface area (Å²) in [6, 6.07) is 5.90. The van der Waals surface area contributed by atoms with Crippen molar-refractivity contribution in [2.75, 3.05) is 19.0 Å². The lowest BCUT2D eigenvalue weighted by Crippen LogP contribution is -2.35. The summed E-state index contributed by atoms with van der Waals surface area (Å²) in [6.45, 7) is 7.29. The number of anilines is 1. The predicted octanol–water partition coefficient (Wildman–Crippen LogP) is 3.19. The summed E-state index contributed by atoms with van der Waals surface area (Å²) in [4.78, 5) is 25.3. The van der Waals surface area contributed by atoms with Gasteiger partial charge in [0.25, 0.3) is 0 Å². The van der Waals surface area contributed by atoms with Gasteiger partial charge in [0.15, 0.2) is 0 Å². The molecule has 1 aromatic carbocycles. The van der Waals surface area contributed by atoms with Gasteiger partial charge < -0.3 is 15.0 Å². The molecule has 0 fully saturated rings. The van der Waals surface area contributed by atoms with Crippen molar-refractivity contribution < 1.29 is 14.3 Å². The number of rotatable bonds is 2. The van der Waals surface area contributed by atoms with E-state index >= 15 is 0 Å². The van der Waals surface area contributed by atoms with Crippen LogP contribution in [0.2, 0.25) is 0 Å². The third-order valence-corrected chi connectivity index (χ3v) is 3.63. The number of carbonyl (C=O) groups excluding carboxylic acids is 2. The van der Waals surface area contributed by atoms with Crippen LogP contribution in [0.4, 0.5) is 10.5 Å². The Morgan fingerprint density at radius 2 is 2.00 bits per heavy atom. The Morgan fingerprint density at radius 1 is 1.27 bits per heavy atom. The first kappa shape index (κ1) is 16.3. The molecular formula is C17H24N2O3. The van der Waals surface area contributed by atoms with E-state index in [4.69, 9.17) is 4.74 Å². The number of fused-ring (bicyclic) bond motifs is 1. The highest BCUT2D eigenvalue weighted by Gasteiger charge is 2.22. The smallest absolute Gasteiger partial charge is 0.409 e. The van der Waals surface area contributed by atoms with Crippen molar-refractivity contribution >= 4 is 17.7 Å². The molecule has 0 spiro atoms. The summed E-state index contributed by atoms with van der Waals surface area (Å²) in [7, 11) is 1.39. The highest BCUT2D eigenvalue weighted by Crippen LogP contribution is 2.24. The van der Waals surface area contributed by atoms with Crippen LogP contribution in [0.5, 0.6) is 0 Å². The fourth-order valence-corrected chi connectivity index (χ4v) is 2.61. The van der Waals surface area contributed by atoms with Crippen molar-refractivity contribution in [2.45, 2.75) is 40.2 Å². The van der Waals surface area contributed by atoms with E-state index in [1.54, 1.807) is 4.90 Å². The zero-order valence-electron chi connectivity index (χ0n) is 13.7. The summed E-state index contributed by atoms with van der Waals surface area (Å²) in [5, 5.41) is 2.93. The van der Waals surface area contributed by atoms with E-state index in [0.717, 1.165) is 17.7 Å². The van der Waals surface area contributed by atoms with Crippen molar-refractivity contribution in [1.82, 2.24) is 4.90 Å². The SMILES string of the molecule is COC(=O)N1CCc2ccc(NC(=O)CC(C)(C)C)cc2C1. The van der Waals surface area contributed by atoms with E-state index in [1.165, 1.54) is 12.7 Å². The summed E-state index contributed by atoms with van der Waals surface area (Å²) in [5.74, 6) is 0.00748. The van der Waals surface area contributed by atoms with E-state index in [1.807, 2.05) is 39.0 Å². The highest BCUT2D eigenvalue weighted by atomic mass is 16.5. The second-order valence-corrected chi connectivity index (χ2v) is 6.91. The minimum absolute atomic E-state index is 0.00748. The standard InChI is InChI=1S/C17H24N2O3/c1-17(2,3)10-15(20)18-14-6-5-12-7-8-19(16(21)22-4)11-13(12)9-14/h5-6,9H,7-8,10-11H2,1-4H3,(H,18,20). The lowest BCUT2D eigenvalue weighted by Gasteiger charge is -2.28. The van der Waals surface area contributed by atoms with Gasteiger partial charge >= 0.3 is 6.09 Å². The van der Waals surface area contributed by atoms with Gasteiger partial charge in [0, 0.05) is 25.2 Å². The van der Waals surface area contributed by atoms with Gasteiger partial charge in [-0.2, -0.15) is 0 Å². The molecule has 22 heavy (non-hydrogen) atoms. The Morgan fingerprint density at radius 3 is 2.64 bits per heavy atom.